The van der Waals surface area contributed by atoms with Crippen molar-refractivity contribution in [3.8, 4) is 22.8 Å². The van der Waals surface area contributed by atoms with Gasteiger partial charge in [0.1, 0.15) is 0 Å². The Morgan fingerprint density at radius 1 is 1.12 bits per heavy atom. The van der Waals surface area contributed by atoms with E-state index in [2.05, 4.69) is 10.0 Å². The van der Waals surface area contributed by atoms with Crippen LogP contribution in [-0.2, 0) is 6.54 Å². The van der Waals surface area contributed by atoms with E-state index in [0.717, 1.165) is 0 Å². The minimum atomic E-state index is -0.595. The number of nitro benzene ring substituents is 1. The normalized spacial score (nSPS) is 11.6. The number of hydrogen-bond acceptors (Lipinski definition) is 7. The highest BCUT2D eigenvalue weighted by molar-refractivity contribution is 6.27. The third kappa shape index (κ3) is 3.03. The molecule has 0 amide bonds. The summed E-state index contributed by atoms with van der Waals surface area (Å²) in [7, 11) is 2.91. The van der Waals surface area contributed by atoms with Crippen molar-refractivity contribution in [2.75, 3.05) is 20.8 Å². The maximum absolute atomic E-state index is 13.5. The molecule has 162 valence electrons. The van der Waals surface area contributed by atoms with Crippen molar-refractivity contribution < 1.29 is 19.2 Å². The van der Waals surface area contributed by atoms with Crippen LogP contribution in [0.5, 0.6) is 11.5 Å². The Kier molecular flexibility index (Phi) is 5.25. The van der Waals surface area contributed by atoms with Gasteiger partial charge in [0, 0.05) is 41.1 Å². The van der Waals surface area contributed by atoms with Crippen LogP contribution in [0.3, 0.4) is 0 Å². The number of rotatable bonds is 7. The largest absolute Gasteiger partial charge is 0.493 e. The van der Waals surface area contributed by atoms with Crippen LogP contribution in [0.2, 0.25) is 0 Å². The molecule has 0 N–H and O–H groups in total. The molecule has 2 aromatic carbocycles. The van der Waals surface area contributed by atoms with E-state index in [1.165, 1.54) is 37.0 Å². The quantitative estimate of drug-likeness (QED) is 0.107. The van der Waals surface area contributed by atoms with Gasteiger partial charge in [-0.05, 0) is 30.2 Å². The third-order valence-corrected chi connectivity index (χ3v) is 5.42. The SMILES string of the molecule is COc1ccc2c(c1OC)-c1c(c3ccc([N+](=O)[O-])cc3c(=O)n1CCCN=[N+]=[N-])C2=O. The maximum Gasteiger partial charge on any atom is 0.270 e. The van der Waals surface area contributed by atoms with E-state index >= 15 is 0 Å². The number of ether oxygens (including phenoxy) is 2. The summed E-state index contributed by atoms with van der Waals surface area (Å²) < 4.78 is 12.3. The van der Waals surface area contributed by atoms with Crippen molar-refractivity contribution >= 4 is 22.2 Å². The smallest absolute Gasteiger partial charge is 0.270 e. The highest BCUT2D eigenvalue weighted by Gasteiger charge is 2.36. The molecule has 3 aromatic rings. The van der Waals surface area contributed by atoms with Gasteiger partial charge in [-0.15, -0.1) is 0 Å². The van der Waals surface area contributed by atoms with Crippen LogP contribution in [0.15, 0.2) is 40.2 Å². The average Bonchev–Trinajstić information content (AvgIpc) is 3.10. The Morgan fingerprint density at radius 3 is 2.56 bits per heavy atom. The molecule has 0 bridgehead atoms. The number of nitro groups is 1. The monoisotopic (exact) mass is 435 g/mol. The average molecular weight is 435 g/mol. The van der Waals surface area contributed by atoms with Gasteiger partial charge >= 0.3 is 0 Å². The minimum Gasteiger partial charge on any atom is -0.493 e. The molecule has 1 aromatic heterocycles. The van der Waals surface area contributed by atoms with Gasteiger partial charge in [-0.3, -0.25) is 19.7 Å². The lowest BCUT2D eigenvalue weighted by atomic mass is 10.0. The fraction of sp³-hybridized carbons (Fsp3) is 0.238. The number of nitrogens with zero attached hydrogens (tertiary/aromatic N) is 5. The zero-order chi connectivity index (χ0) is 23.0. The summed E-state index contributed by atoms with van der Waals surface area (Å²) in [6.45, 7) is 0.270. The Balaban J connectivity index is 2.11. The number of azide groups is 1. The zero-order valence-corrected chi connectivity index (χ0v) is 17.2. The Morgan fingerprint density at radius 2 is 1.91 bits per heavy atom. The lowest BCUT2D eigenvalue weighted by Crippen LogP contribution is -2.24. The third-order valence-electron chi connectivity index (χ3n) is 5.42. The van der Waals surface area contributed by atoms with Gasteiger partial charge in [-0.25, -0.2) is 0 Å². The van der Waals surface area contributed by atoms with Crippen molar-refractivity contribution in [1.29, 1.82) is 0 Å². The molecule has 32 heavy (non-hydrogen) atoms. The molecule has 0 saturated carbocycles. The van der Waals surface area contributed by atoms with Gasteiger partial charge < -0.3 is 14.0 Å². The number of carbonyl (C=O) groups is 1. The molecule has 0 unspecified atom stereocenters. The van der Waals surface area contributed by atoms with Crippen molar-refractivity contribution in [1.82, 2.24) is 4.57 Å². The predicted octanol–water partition coefficient (Wildman–Crippen LogP) is 3.84. The van der Waals surface area contributed by atoms with Gasteiger partial charge in [0.25, 0.3) is 11.2 Å². The Bertz CT molecular complexity index is 1400. The first kappa shape index (κ1) is 20.9. The lowest BCUT2D eigenvalue weighted by molar-refractivity contribution is -0.384. The molecule has 0 radical (unpaired) electrons. The van der Waals surface area contributed by atoms with Gasteiger partial charge in [0.15, 0.2) is 17.3 Å². The van der Waals surface area contributed by atoms with Gasteiger partial charge in [-0.2, -0.15) is 0 Å². The second-order valence-corrected chi connectivity index (χ2v) is 7.03. The van der Waals surface area contributed by atoms with Crippen LogP contribution < -0.4 is 15.0 Å². The second kappa shape index (κ2) is 8.05. The zero-order valence-electron chi connectivity index (χ0n) is 17.2. The first-order valence-corrected chi connectivity index (χ1v) is 9.60. The molecular formula is C21H17N5O6. The first-order chi connectivity index (χ1) is 15.4. The van der Waals surface area contributed by atoms with E-state index in [9.17, 15) is 19.7 Å². The number of pyridine rings is 1. The van der Waals surface area contributed by atoms with E-state index in [0.29, 0.717) is 40.1 Å². The number of hydrogen-bond donors (Lipinski definition) is 0. The summed E-state index contributed by atoms with van der Waals surface area (Å²) in [6.07, 6.45) is 0.326. The van der Waals surface area contributed by atoms with Crippen molar-refractivity contribution in [3.05, 3.63) is 72.4 Å². The molecule has 1 aliphatic carbocycles. The van der Waals surface area contributed by atoms with Crippen molar-refractivity contribution in [2.45, 2.75) is 13.0 Å². The molecular weight excluding hydrogens is 418 g/mol. The number of ketones is 1. The molecule has 0 atom stereocenters. The van der Waals surface area contributed by atoms with Crippen LogP contribution in [0.25, 0.3) is 32.5 Å². The number of fused-ring (bicyclic) bond motifs is 5. The fourth-order valence-corrected chi connectivity index (χ4v) is 4.08. The number of carbonyl (C=O) groups excluding carboxylic acids is 1. The van der Waals surface area contributed by atoms with E-state index in [4.69, 9.17) is 15.0 Å². The van der Waals surface area contributed by atoms with Gasteiger partial charge in [0.05, 0.1) is 41.3 Å². The second-order valence-electron chi connectivity index (χ2n) is 7.03. The van der Waals surface area contributed by atoms with Crippen LogP contribution in [0.4, 0.5) is 5.69 Å². The van der Waals surface area contributed by atoms with Crippen molar-refractivity contribution in [2.24, 2.45) is 5.11 Å². The molecule has 0 fully saturated rings. The Labute approximate surface area is 180 Å². The van der Waals surface area contributed by atoms with Crippen LogP contribution in [0.1, 0.15) is 22.3 Å². The summed E-state index contributed by atoms with van der Waals surface area (Å²) in [5.41, 5.74) is 9.18. The van der Waals surface area contributed by atoms with Crippen LogP contribution >= 0.6 is 0 Å². The summed E-state index contributed by atoms with van der Waals surface area (Å²) in [6, 6.07) is 7.08. The van der Waals surface area contributed by atoms with Gasteiger partial charge in [-0.1, -0.05) is 5.11 Å². The standard InChI is InChI=1S/C21H17N5O6/c1-31-15-7-6-13-17(20(15)32-2)18-16(19(13)27)12-5-4-11(26(29)30)10-14(12)21(28)25(18)9-3-8-23-24-22/h4-7,10H,3,8-9H2,1-2H3. The molecule has 1 aliphatic rings. The first-order valence-electron chi connectivity index (χ1n) is 9.60. The fourth-order valence-electron chi connectivity index (χ4n) is 4.08. The number of methoxy groups -OCH3 is 2. The molecule has 4 rings (SSSR count). The minimum absolute atomic E-state index is 0.0637. The number of benzene rings is 2. The van der Waals surface area contributed by atoms with E-state index in [-0.39, 0.29) is 35.5 Å². The Hall–Kier alpha value is -4.37. The summed E-state index contributed by atoms with van der Waals surface area (Å²) >= 11 is 0. The van der Waals surface area contributed by atoms with Gasteiger partial charge in [0.2, 0.25) is 0 Å². The predicted molar refractivity (Wildman–Crippen MR) is 115 cm³/mol. The topological polar surface area (TPSA) is 149 Å². The van der Waals surface area contributed by atoms with E-state index in [1.807, 2.05) is 0 Å². The number of non-ortho nitro benzene ring substituents is 1. The van der Waals surface area contributed by atoms with Crippen molar-refractivity contribution in [3.63, 3.8) is 0 Å². The molecule has 0 saturated heterocycles. The van der Waals surface area contributed by atoms with Crippen LogP contribution in [-0.4, -0.2) is 36.0 Å². The highest BCUT2D eigenvalue weighted by atomic mass is 16.6. The summed E-state index contributed by atoms with van der Waals surface area (Å²) in [5.74, 6) is 0.379. The van der Waals surface area contributed by atoms with E-state index in [1.54, 1.807) is 12.1 Å². The highest BCUT2D eigenvalue weighted by Crippen LogP contribution is 2.48. The van der Waals surface area contributed by atoms with Crippen LogP contribution in [0, 0.1) is 10.1 Å². The summed E-state index contributed by atoms with van der Waals surface area (Å²) in [5, 5.41) is 15.1. The molecule has 11 nitrogen and oxygen atoms in total. The molecule has 0 spiro atoms. The lowest BCUT2D eigenvalue weighted by Gasteiger charge is -2.17. The maximum atomic E-state index is 13.5. The summed E-state index contributed by atoms with van der Waals surface area (Å²) in [4.78, 5) is 40.3. The number of aromatic nitrogens is 1. The molecule has 0 aliphatic heterocycles. The molecule has 1 heterocycles. The van der Waals surface area contributed by atoms with E-state index < -0.39 is 10.5 Å². The molecule has 11 heteroatoms.